The molecule has 0 saturated heterocycles. The van der Waals surface area contributed by atoms with Gasteiger partial charge in [0.25, 0.3) is 5.69 Å². The molecule has 2 aliphatic rings. The Balaban J connectivity index is 1.93. The lowest BCUT2D eigenvalue weighted by Gasteiger charge is -2.31. The summed E-state index contributed by atoms with van der Waals surface area (Å²) in [6.45, 7) is 2.20. The minimum atomic E-state index is -0.828. The molecule has 3 rings (SSSR count). The van der Waals surface area contributed by atoms with Crippen LogP contribution in [0.5, 0.6) is 0 Å². The van der Waals surface area contributed by atoms with Crippen molar-refractivity contribution in [2.75, 3.05) is 13.2 Å². The van der Waals surface area contributed by atoms with Gasteiger partial charge >= 0.3 is 12.0 Å². The van der Waals surface area contributed by atoms with Crippen molar-refractivity contribution in [2.45, 2.75) is 51.1 Å². The first-order valence-electron chi connectivity index (χ1n) is 9.95. The fourth-order valence-corrected chi connectivity index (χ4v) is 3.83. The average Bonchev–Trinajstić information content (AvgIpc) is 2.72. The number of nitro groups is 1. The lowest BCUT2D eigenvalue weighted by Crippen LogP contribution is -2.49. The number of urea groups is 1. The van der Waals surface area contributed by atoms with Crippen LogP contribution >= 0.6 is 0 Å². The van der Waals surface area contributed by atoms with Gasteiger partial charge in [0.15, 0.2) is 0 Å². The number of nitrogens with one attached hydrogen (secondary N) is 3. The predicted octanol–water partition coefficient (Wildman–Crippen LogP) is 2.69. The summed E-state index contributed by atoms with van der Waals surface area (Å²) in [6.07, 6.45) is 5.66. The van der Waals surface area contributed by atoms with Gasteiger partial charge in [-0.1, -0.05) is 31.4 Å². The largest absolute Gasteiger partial charge is 0.463 e. The first-order valence-corrected chi connectivity index (χ1v) is 9.95. The van der Waals surface area contributed by atoms with Gasteiger partial charge in [-0.3, -0.25) is 10.1 Å². The van der Waals surface area contributed by atoms with E-state index in [-0.39, 0.29) is 17.9 Å². The van der Waals surface area contributed by atoms with E-state index in [1.807, 2.05) is 0 Å². The summed E-state index contributed by atoms with van der Waals surface area (Å²) in [5.41, 5.74) is 1.04. The molecule has 0 aromatic heterocycles. The van der Waals surface area contributed by atoms with Gasteiger partial charge in [-0.25, -0.2) is 9.59 Å². The molecule has 1 fully saturated rings. The van der Waals surface area contributed by atoms with Crippen LogP contribution in [-0.4, -0.2) is 36.1 Å². The molecule has 1 aromatic rings. The van der Waals surface area contributed by atoms with Gasteiger partial charge in [-0.05, 0) is 25.3 Å². The quantitative estimate of drug-likeness (QED) is 0.366. The van der Waals surface area contributed by atoms with Crippen LogP contribution in [0.2, 0.25) is 0 Å². The molecule has 2 amide bonds. The zero-order valence-electron chi connectivity index (χ0n) is 16.4. The van der Waals surface area contributed by atoms with Gasteiger partial charge in [0.05, 0.1) is 23.1 Å². The third-order valence-electron chi connectivity index (χ3n) is 5.24. The Morgan fingerprint density at radius 1 is 1.31 bits per heavy atom. The van der Waals surface area contributed by atoms with Crippen LogP contribution in [0.4, 0.5) is 10.5 Å². The Hall–Kier alpha value is -2.94. The summed E-state index contributed by atoms with van der Waals surface area (Å²) in [7, 11) is 0. The number of nitrogens with zero attached hydrogens (tertiary/aromatic N) is 1. The summed E-state index contributed by atoms with van der Waals surface area (Å²) < 4.78 is 5.22. The van der Waals surface area contributed by atoms with Crippen molar-refractivity contribution in [3.63, 3.8) is 0 Å². The zero-order valence-corrected chi connectivity index (χ0v) is 16.4. The van der Waals surface area contributed by atoms with Crippen molar-refractivity contribution >= 4 is 17.7 Å². The van der Waals surface area contributed by atoms with E-state index in [0.29, 0.717) is 23.8 Å². The molecule has 0 radical (unpaired) electrons. The Kier molecular flexibility index (Phi) is 6.82. The van der Waals surface area contributed by atoms with Crippen molar-refractivity contribution in [3.05, 3.63) is 51.2 Å². The number of carbonyl (C=O) groups excluding carboxylic acids is 2. The van der Waals surface area contributed by atoms with Crippen molar-refractivity contribution in [1.82, 2.24) is 16.0 Å². The van der Waals surface area contributed by atoms with Crippen LogP contribution < -0.4 is 16.0 Å². The molecule has 1 saturated carbocycles. The Labute approximate surface area is 169 Å². The van der Waals surface area contributed by atoms with Crippen molar-refractivity contribution in [1.29, 1.82) is 0 Å². The second-order valence-electron chi connectivity index (χ2n) is 7.21. The molecule has 9 nitrogen and oxygen atoms in total. The number of non-ortho nitro benzene ring substituents is 1. The molecule has 0 unspecified atom stereocenters. The van der Waals surface area contributed by atoms with Crippen LogP contribution in [0.1, 0.15) is 50.6 Å². The number of hydrogen-bond acceptors (Lipinski definition) is 6. The number of benzene rings is 1. The Bertz CT molecular complexity index is 817. The average molecular weight is 402 g/mol. The van der Waals surface area contributed by atoms with E-state index in [1.54, 1.807) is 13.0 Å². The third kappa shape index (κ3) is 5.11. The minimum absolute atomic E-state index is 0.111. The highest BCUT2D eigenvalue weighted by Crippen LogP contribution is 2.30. The van der Waals surface area contributed by atoms with Gasteiger partial charge < -0.3 is 20.7 Å². The van der Waals surface area contributed by atoms with Gasteiger partial charge in [-0.2, -0.15) is 0 Å². The maximum absolute atomic E-state index is 12.7. The van der Waals surface area contributed by atoms with Crippen LogP contribution in [0.15, 0.2) is 35.5 Å². The number of nitro benzene ring substituents is 1. The van der Waals surface area contributed by atoms with E-state index >= 15 is 0 Å². The summed E-state index contributed by atoms with van der Waals surface area (Å²) >= 11 is 0. The highest BCUT2D eigenvalue weighted by molar-refractivity contribution is 5.95. The molecule has 9 heteroatoms. The van der Waals surface area contributed by atoms with Gasteiger partial charge in [0.2, 0.25) is 0 Å². The first kappa shape index (κ1) is 20.8. The van der Waals surface area contributed by atoms with Crippen LogP contribution in [0.25, 0.3) is 0 Å². The minimum Gasteiger partial charge on any atom is -0.463 e. The molecule has 1 aliphatic heterocycles. The first-order chi connectivity index (χ1) is 14.0. The summed E-state index contributed by atoms with van der Waals surface area (Å²) in [5, 5.41) is 20.0. The molecule has 1 heterocycles. The normalized spacial score (nSPS) is 20.0. The van der Waals surface area contributed by atoms with E-state index < -0.39 is 23.0 Å². The molecule has 3 N–H and O–H groups in total. The van der Waals surface area contributed by atoms with Gasteiger partial charge in [0, 0.05) is 30.4 Å². The third-order valence-corrected chi connectivity index (χ3v) is 5.24. The van der Waals surface area contributed by atoms with E-state index in [9.17, 15) is 19.7 Å². The fourth-order valence-electron chi connectivity index (χ4n) is 3.83. The van der Waals surface area contributed by atoms with Crippen molar-refractivity contribution in [3.8, 4) is 0 Å². The van der Waals surface area contributed by atoms with Crippen molar-refractivity contribution in [2.24, 2.45) is 0 Å². The maximum Gasteiger partial charge on any atom is 0.338 e. The number of esters is 1. The molecule has 29 heavy (non-hydrogen) atoms. The SMILES string of the molecule is CCOC(=O)C1=C(CNC2CCCCC2)NC(=O)N[C@H]1c1cccc([N+](=O)[O-])c1. The molecule has 1 atom stereocenters. The fraction of sp³-hybridized carbons (Fsp3) is 0.500. The second-order valence-corrected chi connectivity index (χ2v) is 7.21. The topological polar surface area (TPSA) is 123 Å². The second kappa shape index (κ2) is 9.51. The monoisotopic (exact) mass is 402 g/mol. The van der Waals surface area contributed by atoms with Gasteiger partial charge in [0.1, 0.15) is 0 Å². The summed E-state index contributed by atoms with van der Waals surface area (Å²) in [5.74, 6) is -0.558. The molecule has 1 aliphatic carbocycles. The predicted molar refractivity (Wildman–Crippen MR) is 106 cm³/mol. The van der Waals surface area contributed by atoms with Gasteiger partial charge in [-0.15, -0.1) is 0 Å². The molecular formula is C20H26N4O5. The van der Waals surface area contributed by atoms with Crippen LogP contribution in [0.3, 0.4) is 0 Å². The lowest BCUT2D eigenvalue weighted by molar-refractivity contribution is -0.384. The molecule has 156 valence electrons. The number of carbonyl (C=O) groups is 2. The number of amides is 2. The smallest absolute Gasteiger partial charge is 0.338 e. The summed E-state index contributed by atoms with van der Waals surface area (Å²) in [4.78, 5) is 35.7. The van der Waals surface area contributed by atoms with E-state index in [0.717, 1.165) is 25.7 Å². The molecule has 0 spiro atoms. The lowest BCUT2D eigenvalue weighted by atomic mass is 9.93. The Morgan fingerprint density at radius 2 is 2.07 bits per heavy atom. The summed E-state index contributed by atoms with van der Waals surface area (Å²) in [6, 6.07) is 4.95. The van der Waals surface area contributed by atoms with E-state index in [1.165, 1.54) is 24.6 Å². The number of rotatable bonds is 7. The van der Waals surface area contributed by atoms with Crippen molar-refractivity contribution < 1.29 is 19.2 Å². The molecular weight excluding hydrogens is 376 g/mol. The number of ether oxygens (including phenoxy) is 1. The Morgan fingerprint density at radius 3 is 2.76 bits per heavy atom. The van der Waals surface area contributed by atoms with E-state index in [2.05, 4.69) is 16.0 Å². The highest BCUT2D eigenvalue weighted by atomic mass is 16.6. The zero-order chi connectivity index (χ0) is 20.8. The molecule has 1 aromatic carbocycles. The van der Waals surface area contributed by atoms with Crippen LogP contribution in [-0.2, 0) is 9.53 Å². The standard InChI is InChI=1S/C20H26N4O5/c1-2-29-19(25)17-16(12-21-14-8-4-3-5-9-14)22-20(26)23-18(17)13-7-6-10-15(11-13)24(27)28/h6-7,10-11,14,18,21H,2-5,8-9,12H2,1H3,(H2,22,23,26)/t18-/m0/s1. The maximum atomic E-state index is 12.7. The molecule has 0 bridgehead atoms. The van der Waals surface area contributed by atoms with Crippen LogP contribution in [0, 0.1) is 10.1 Å². The van der Waals surface area contributed by atoms with E-state index in [4.69, 9.17) is 4.74 Å². The highest BCUT2D eigenvalue weighted by Gasteiger charge is 2.34. The number of hydrogen-bond donors (Lipinski definition) is 3.